The number of para-hydroxylation sites is 2. The number of nitrogens with one attached hydrogen (secondary N) is 1. The van der Waals surface area contributed by atoms with Gasteiger partial charge in [0.2, 0.25) is 0 Å². The molecule has 25 heavy (non-hydrogen) atoms. The van der Waals surface area contributed by atoms with E-state index in [0.717, 1.165) is 27.5 Å². The number of benzene rings is 2. The Balaban J connectivity index is 0.00000182. The van der Waals surface area contributed by atoms with Gasteiger partial charge in [0.15, 0.2) is 11.5 Å². The Morgan fingerprint density at radius 2 is 1.64 bits per heavy atom. The molecule has 0 aliphatic carbocycles. The third-order valence-corrected chi connectivity index (χ3v) is 3.99. The van der Waals surface area contributed by atoms with Crippen LogP contribution in [0.3, 0.4) is 0 Å². The van der Waals surface area contributed by atoms with Crippen LogP contribution >= 0.6 is 12.4 Å². The summed E-state index contributed by atoms with van der Waals surface area (Å²) in [5.41, 5.74) is 9.50. The van der Waals surface area contributed by atoms with Crippen molar-refractivity contribution in [1.82, 2.24) is 15.0 Å². The molecule has 0 aliphatic rings. The van der Waals surface area contributed by atoms with E-state index in [1.165, 1.54) is 0 Å². The van der Waals surface area contributed by atoms with E-state index >= 15 is 0 Å². The molecule has 0 bridgehead atoms. The third-order valence-electron chi connectivity index (χ3n) is 3.99. The minimum Gasteiger partial charge on any atom is -0.493 e. The lowest BCUT2D eigenvalue weighted by Gasteiger charge is -2.10. The number of nitrogen functional groups attached to an aromatic ring is 1. The van der Waals surface area contributed by atoms with Gasteiger partial charge < -0.3 is 20.2 Å². The molecule has 0 spiro atoms. The largest absolute Gasteiger partial charge is 0.493 e. The summed E-state index contributed by atoms with van der Waals surface area (Å²) in [6.45, 7) is 0. The zero-order valence-electron chi connectivity index (χ0n) is 13.7. The molecule has 4 aromatic rings. The molecule has 7 heteroatoms. The average molecular weight is 357 g/mol. The number of nitrogens with two attached hydrogens (primary N) is 1. The molecule has 0 fully saturated rings. The van der Waals surface area contributed by atoms with E-state index in [1.54, 1.807) is 14.2 Å². The van der Waals surface area contributed by atoms with Crippen LogP contribution < -0.4 is 15.2 Å². The van der Waals surface area contributed by atoms with E-state index in [-0.39, 0.29) is 12.4 Å². The lowest BCUT2D eigenvalue weighted by atomic mass is 10.1. The van der Waals surface area contributed by atoms with E-state index in [2.05, 4.69) is 15.0 Å². The van der Waals surface area contributed by atoms with Gasteiger partial charge in [0.1, 0.15) is 11.6 Å². The first kappa shape index (κ1) is 16.9. The maximum Gasteiger partial charge on any atom is 0.162 e. The number of nitrogens with zero attached hydrogens (tertiary/aromatic N) is 2. The molecule has 0 saturated carbocycles. The third kappa shape index (κ3) is 2.81. The Hall–Kier alpha value is -2.99. The van der Waals surface area contributed by atoms with E-state index < -0.39 is 0 Å². The Bertz CT molecular complexity index is 1030. The summed E-state index contributed by atoms with van der Waals surface area (Å²) in [5.74, 6) is 2.37. The number of aromatic nitrogens is 3. The van der Waals surface area contributed by atoms with Gasteiger partial charge in [0.25, 0.3) is 0 Å². The van der Waals surface area contributed by atoms with Gasteiger partial charge in [-0.1, -0.05) is 12.1 Å². The molecule has 0 atom stereocenters. The SMILES string of the molecule is COc1cc2cc(-c3nc4ccccc4[nH]3)c(N)nc2cc1OC.Cl. The van der Waals surface area contributed by atoms with Crippen molar-refractivity contribution in [1.29, 1.82) is 0 Å². The van der Waals surface area contributed by atoms with Crippen molar-refractivity contribution in [2.45, 2.75) is 0 Å². The number of anilines is 1. The van der Waals surface area contributed by atoms with Crippen LogP contribution in [0, 0.1) is 0 Å². The Labute approximate surface area is 150 Å². The molecule has 0 amide bonds. The van der Waals surface area contributed by atoms with Gasteiger partial charge in [-0.05, 0) is 24.3 Å². The summed E-state index contributed by atoms with van der Waals surface area (Å²) < 4.78 is 10.7. The normalized spacial score (nSPS) is 10.6. The van der Waals surface area contributed by atoms with Gasteiger partial charge in [0, 0.05) is 11.5 Å². The first-order valence-electron chi connectivity index (χ1n) is 7.47. The summed E-state index contributed by atoms with van der Waals surface area (Å²) >= 11 is 0. The topological polar surface area (TPSA) is 86.0 Å². The van der Waals surface area contributed by atoms with Gasteiger partial charge >= 0.3 is 0 Å². The highest BCUT2D eigenvalue weighted by atomic mass is 35.5. The maximum atomic E-state index is 6.16. The minimum absolute atomic E-state index is 0. The van der Waals surface area contributed by atoms with Crippen molar-refractivity contribution in [3.05, 3.63) is 42.5 Å². The van der Waals surface area contributed by atoms with Crippen LogP contribution in [0.25, 0.3) is 33.3 Å². The molecule has 0 radical (unpaired) electrons. The number of pyridine rings is 1. The number of fused-ring (bicyclic) bond motifs is 2. The number of hydrogen-bond acceptors (Lipinski definition) is 5. The summed E-state index contributed by atoms with van der Waals surface area (Å²) in [5, 5.41) is 0.900. The average Bonchev–Trinajstić information content (AvgIpc) is 3.03. The highest BCUT2D eigenvalue weighted by Gasteiger charge is 2.13. The number of halogens is 1. The highest BCUT2D eigenvalue weighted by Crippen LogP contribution is 2.34. The van der Waals surface area contributed by atoms with E-state index in [9.17, 15) is 0 Å². The van der Waals surface area contributed by atoms with Crippen LogP contribution in [0.5, 0.6) is 11.5 Å². The molecule has 4 rings (SSSR count). The second-order valence-electron chi connectivity index (χ2n) is 5.42. The molecule has 3 N–H and O–H groups in total. The van der Waals surface area contributed by atoms with Crippen molar-refractivity contribution >= 4 is 40.2 Å². The molecule has 2 aromatic carbocycles. The number of methoxy groups -OCH3 is 2. The van der Waals surface area contributed by atoms with Crippen molar-refractivity contribution < 1.29 is 9.47 Å². The number of rotatable bonds is 3. The monoisotopic (exact) mass is 356 g/mol. The van der Waals surface area contributed by atoms with E-state index in [0.29, 0.717) is 23.1 Å². The molecule has 128 valence electrons. The Morgan fingerprint density at radius 3 is 2.36 bits per heavy atom. The van der Waals surface area contributed by atoms with Crippen LogP contribution in [0.4, 0.5) is 5.82 Å². The molecule has 2 heterocycles. The van der Waals surface area contributed by atoms with E-state index in [1.807, 2.05) is 42.5 Å². The highest BCUT2D eigenvalue weighted by molar-refractivity contribution is 5.91. The molecule has 2 aromatic heterocycles. The first-order chi connectivity index (χ1) is 11.7. The van der Waals surface area contributed by atoms with Crippen molar-refractivity contribution in [3.8, 4) is 22.9 Å². The quantitative estimate of drug-likeness (QED) is 0.583. The van der Waals surface area contributed by atoms with Crippen molar-refractivity contribution in [3.63, 3.8) is 0 Å². The lowest BCUT2D eigenvalue weighted by Crippen LogP contribution is -1.97. The Morgan fingerprint density at radius 1 is 0.920 bits per heavy atom. The minimum atomic E-state index is 0. The fourth-order valence-corrected chi connectivity index (χ4v) is 2.79. The molecule has 0 saturated heterocycles. The lowest BCUT2D eigenvalue weighted by molar-refractivity contribution is 0.356. The second-order valence-corrected chi connectivity index (χ2v) is 5.42. The number of imidazole rings is 1. The summed E-state index contributed by atoms with van der Waals surface area (Å²) in [4.78, 5) is 12.4. The zero-order chi connectivity index (χ0) is 16.7. The van der Waals surface area contributed by atoms with Gasteiger partial charge in [0.05, 0.1) is 36.3 Å². The van der Waals surface area contributed by atoms with E-state index in [4.69, 9.17) is 15.2 Å². The fraction of sp³-hybridized carbons (Fsp3) is 0.111. The molecule has 0 aliphatic heterocycles. The van der Waals surface area contributed by atoms with Crippen LogP contribution in [0.15, 0.2) is 42.5 Å². The second kappa shape index (κ2) is 6.49. The number of aromatic amines is 1. The molecule has 0 unspecified atom stereocenters. The summed E-state index contributed by atoms with van der Waals surface area (Å²) in [7, 11) is 3.20. The summed E-state index contributed by atoms with van der Waals surface area (Å²) in [6, 6.07) is 13.5. The summed E-state index contributed by atoms with van der Waals surface area (Å²) in [6.07, 6.45) is 0. The molecular formula is C18H17ClN4O2. The van der Waals surface area contributed by atoms with Crippen LogP contribution in [-0.4, -0.2) is 29.2 Å². The van der Waals surface area contributed by atoms with Gasteiger partial charge in [-0.2, -0.15) is 0 Å². The standard InChI is InChI=1S/C18H16N4O2.ClH/c1-23-15-8-10-7-11(17(19)20-14(10)9-16(15)24-2)18-21-12-5-3-4-6-13(12)22-18;/h3-9H,1-2H3,(H2,19,20)(H,21,22);1H. The number of H-pyrrole nitrogens is 1. The maximum absolute atomic E-state index is 6.16. The first-order valence-corrected chi connectivity index (χ1v) is 7.47. The molecule has 6 nitrogen and oxygen atoms in total. The van der Waals surface area contributed by atoms with Gasteiger partial charge in [-0.3, -0.25) is 0 Å². The van der Waals surface area contributed by atoms with Crippen LogP contribution in [0.1, 0.15) is 0 Å². The predicted octanol–water partition coefficient (Wildman–Crippen LogP) is 3.80. The van der Waals surface area contributed by atoms with Crippen molar-refractivity contribution in [2.75, 3.05) is 20.0 Å². The number of hydrogen-bond donors (Lipinski definition) is 2. The zero-order valence-corrected chi connectivity index (χ0v) is 14.6. The number of ether oxygens (including phenoxy) is 2. The predicted molar refractivity (Wildman–Crippen MR) is 102 cm³/mol. The Kier molecular flexibility index (Phi) is 4.37. The molecular weight excluding hydrogens is 340 g/mol. The fourth-order valence-electron chi connectivity index (χ4n) is 2.79. The van der Waals surface area contributed by atoms with Gasteiger partial charge in [-0.25, -0.2) is 9.97 Å². The smallest absolute Gasteiger partial charge is 0.162 e. The van der Waals surface area contributed by atoms with Crippen LogP contribution in [0.2, 0.25) is 0 Å². The van der Waals surface area contributed by atoms with Crippen molar-refractivity contribution in [2.24, 2.45) is 0 Å². The van der Waals surface area contributed by atoms with Crippen LogP contribution in [-0.2, 0) is 0 Å². The van der Waals surface area contributed by atoms with Gasteiger partial charge in [-0.15, -0.1) is 12.4 Å².